The summed E-state index contributed by atoms with van der Waals surface area (Å²) in [5.74, 6) is 0.854. The monoisotopic (exact) mass is 292 g/mol. The summed E-state index contributed by atoms with van der Waals surface area (Å²) in [5, 5.41) is 12.8. The third kappa shape index (κ3) is 2.20. The fraction of sp³-hybridized carbons (Fsp3) is 0.333. The maximum absolute atomic E-state index is 11.1. The van der Waals surface area contributed by atoms with Gasteiger partial charge in [0.25, 0.3) is 0 Å². The number of nitrogens with zero attached hydrogens (tertiary/aromatic N) is 5. The number of carbonyl (C=O) groups is 1. The average Bonchev–Trinajstić information content (AvgIpc) is 2.79. The molecule has 0 saturated carbocycles. The van der Waals surface area contributed by atoms with Gasteiger partial charge in [-0.2, -0.15) is 0 Å². The van der Waals surface area contributed by atoms with Gasteiger partial charge in [-0.15, -0.1) is 15.0 Å². The minimum atomic E-state index is 0.0686. The van der Waals surface area contributed by atoms with E-state index in [2.05, 4.69) is 15.4 Å². The minimum Gasteiger partial charge on any atom is -0.397 e. The molecular weight excluding hydrogens is 280 g/mol. The lowest BCUT2D eigenvalue weighted by Gasteiger charge is -2.36. The molecule has 1 aliphatic rings. The van der Waals surface area contributed by atoms with Crippen molar-refractivity contribution in [3.8, 4) is 5.69 Å². The molecule has 0 aliphatic carbocycles. The van der Waals surface area contributed by atoms with Crippen LogP contribution < -0.4 is 5.73 Å². The number of likely N-dealkylation sites (tertiary alicyclic amines) is 1. The first-order valence-electron chi connectivity index (χ1n) is 6.15. The minimum absolute atomic E-state index is 0.0686. The van der Waals surface area contributed by atoms with Gasteiger partial charge in [0.15, 0.2) is 5.82 Å². The number of hydrogen-bond donors (Lipinski definition) is 1. The molecule has 0 radical (unpaired) electrons. The SMILES string of the molecule is CC(=O)N1CC(c2nnn(-c3ccc(Cl)c(N)c3)n2)C1. The molecule has 1 aliphatic heterocycles. The lowest BCUT2D eigenvalue weighted by Crippen LogP contribution is -2.47. The molecule has 1 aromatic carbocycles. The number of tetrazole rings is 1. The Kier molecular flexibility index (Phi) is 3.06. The van der Waals surface area contributed by atoms with Crippen LogP contribution in [0, 0.1) is 0 Å². The number of rotatable bonds is 2. The van der Waals surface area contributed by atoms with Crippen molar-refractivity contribution >= 4 is 23.2 Å². The van der Waals surface area contributed by atoms with Gasteiger partial charge in [-0.25, -0.2) is 0 Å². The van der Waals surface area contributed by atoms with Crippen molar-refractivity contribution in [3.63, 3.8) is 0 Å². The van der Waals surface area contributed by atoms with Crippen LogP contribution in [0.15, 0.2) is 18.2 Å². The summed E-state index contributed by atoms with van der Waals surface area (Å²) in [6.07, 6.45) is 0. The van der Waals surface area contributed by atoms with Crippen LogP contribution in [0.2, 0.25) is 5.02 Å². The van der Waals surface area contributed by atoms with Gasteiger partial charge in [0.2, 0.25) is 5.91 Å². The highest BCUT2D eigenvalue weighted by Crippen LogP contribution is 2.25. The summed E-state index contributed by atoms with van der Waals surface area (Å²) in [6.45, 7) is 2.84. The predicted molar refractivity (Wildman–Crippen MR) is 73.6 cm³/mol. The van der Waals surface area contributed by atoms with Crippen LogP contribution in [0.1, 0.15) is 18.7 Å². The Morgan fingerprint density at radius 3 is 2.85 bits per heavy atom. The Morgan fingerprint density at radius 2 is 2.20 bits per heavy atom. The van der Waals surface area contributed by atoms with Crippen molar-refractivity contribution in [1.29, 1.82) is 0 Å². The zero-order valence-electron chi connectivity index (χ0n) is 10.8. The van der Waals surface area contributed by atoms with Gasteiger partial charge in [0, 0.05) is 20.0 Å². The van der Waals surface area contributed by atoms with Crippen molar-refractivity contribution in [1.82, 2.24) is 25.1 Å². The van der Waals surface area contributed by atoms with Crippen molar-refractivity contribution in [2.45, 2.75) is 12.8 Å². The Labute approximate surface area is 120 Å². The van der Waals surface area contributed by atoms with Gasteiger partial charge < -0.3 is 10.6 Å². The number of carbonyl (C=O) groups excluding carboxylic acids is 1. The number of hydrogen-bond acceptors (Lipinski definition) is 5. The van der Waals surface area contributed by atoms with E-state index in [0.29, 0.717) is 35.3 Å². The first-order chi connectivity index (χ1) is 9.54. The molecule has 2 aromatic rings. The maximum atomic E-state index is 11.1. The van der Waals surface area contributed by atoms with Gasteiger partial charge in [-0.3, -0.25) is 4.79 Å². The maximum Gasteiger partial charge on any atom is 0.219 e. The highest BCUT2D eigenvalue weighted by molar-refractivity contribution is 6.33. The molecular formula is C12H13ClN6O. The Hall–Kier alpha value is -2.15. The second-order valence-electron chi connectivity index (χ2n) is 4.76. The van der Waals surface area contributed by atoms with E-state index in [1.165, 1.54) is 4.80 Å². The molecule has 20 heavy (non-hydrogen) atoms. The second kappa shape index (κ2) is 4.75. The van der Waals surface area contributed by atoms with Crippen LogP contribution in [0.25, 0.3) is 5.69 Å². The van der Waals surface area contributed by atoms with Crippen molar-refractivity contribution in [3.05, 3.63) is 29.0 Å². The van der Waals surface area contributed by atoms with Crippen LogP contribution in [0.5, 0.6) is 0 Å². The summed E-state index contributed by atoms with van der Waals surface area (Å²) in [6, 6.07) is 5.15. The molecule has 0 unspecified atom stereocenters. The first kappa shape index (κ1) is 12.9. The Bertz CT molecular complexity index is 664. The topological polar surface area (TPSA) is 89.9 Å². The Morgan fingerprint density at radius 1 is 1.45 bits per heavy atom. The van der Waals surface area contributed by atoms with Crippen LogP contribution in [0.4, 0.5) is 5.69 Å². The van der Waals surface area contributed by atoms with Gasteiger partial charge in [0.05, 0.1) is 22.3 Å². The molecule has 104 valence electrons. The third-order valence-corrected chi connectivity index (χ3v) is 3.68. The summed E-state index contributed by atoms with van der Waals surface area (Å²) in [7, 11) is 0. The van der Waals surface area contributed by atoms with Gasteiger partial charge in [-0.05, 0) is 23.4 Å². The molecule has 1 aromatic heterocycles. The lowest BCUT2D eigenvalue weighted by molar-refractivity contribution is -0.133. The van der Waals surface area contributed by atoms with Gasteiger partial charge >= 0.3 is 0 Å². The Balaban J connectivity index is 1.77. The summed E-state index contributed by atoms with van der Waals surface area (Å²) in [4.78, 5) is 14.3. The third-order valence-electron chi connectivity index (χ3n) is 3.33. The summed E-state index contributed by atoms with van der Waals surface area (Å²) in [5.41, 5.74) is 6.92. The summed E-state index contributed by atoms with van der Waals surface area (Å²) >= 11 is 5.87. The molecule has 0 atom stereocenters. The standard InChI is InChI=1S/C12H13ClN6O/c1-7(20)18-5-8(6-18)12-15-17-19(16-12)9-2-3-10(13)11(14)4-9/h2-4,8H,5-6,14H2,1H3. The zero-order valence-corrected chi connectivity index (χ0v) is 11.6. The molecule has 1 saturated heterocycles. The first-order valence-corrected chi connectivity index (χ1v) is 6.53. The highest BCUT2D eigenvalue weighted by Gasteiger charge is 2.33. The fourth-order valence-corrected chi connectivity index (χ4v) is 2.17. The van der Waals surface area contributed by atoms with E-state index < -0.39 is 0 Å². The van der Waals surface area contributed by atoms with Gasteiger partial charge in [0.1, 0.15) is 0 Å². The quantitative estimate of drug-likeness (QED) is 0.829. The number of nitrogens with two attached hydrogens (primary N) is 1. The van der Waals surface area contributed by atoms with Crippen molar-refractivity contribution in [2.24, 2.45) is 0 Å². The van der Waals surface area contributed by atoms with E-state index >= 15 is 0 Å². The normalized spacial score (nSPS) is 15.2. The molecule has 3 rings (SSSR count). The van der Waals surface area contributed by atoms with E-state index in [-0.39, 0.29) is 11.8 Å². The molecule has 0 spiro atoms. The number of benzene rings is 1. The molecule has 8 heteroatoms. The fourth-order valence-electron chi connectivity index (χ4n) is 2.05. The zero-order chi connectivity index (χ0) is 14.3. The largest absolute Gasteiger partial charge is 0.397 e. The van der Waals surface area contributed by atoms with Crippen molar-refractivity contribution in [2.75, 3.05) is 18.8 Å². The van der Waals surface area contributed by atoms with Gasteiger partial charge in [-0.1, -0.05) is 11.6 Å². The van der Waals surface area contributed by atoms with E-state index in [1.807, 2.05) is 0 Å². The molecule has 2 N–H and O–H groups in total. The predicted octanol–water partition coefficient (Wildman–Crippen LogP) is 0.844. The number of aromatic nitrogens is 4. The van der Waals surface area contributed by atoms with Crippen molar-refractivity contribution < 1.29 is 4.79 Å². The smallest absolute Gasteiger partial charge is 0.219 e. The van der Waals surface area contributed by atoms with E-state index in [1.54, 1.807) is 30.0 Å². The number of nitrogen functional groups attached to an aromatic ring is 1. The summed E-state index contributed by atoms with van der Waals surface area (Å²) < 4.78 is 0. The molecule has 0 bridgehead atoms. The van der Waals surface area contributed by atoms with Crippen LogP contribution in [-0.4, -0.2) is 44.1 Å². The van der Waals surface area contributed by atoms with E-state index in [4.69, 9.17) is 17.3 Å². The van der Waals surface area contributed by atoms with Crippen LogP contribution in [-0.2, 0) is 4.79 Å². The van der Waals surface area contributed by atoms with E-state index in [9.17, 15) is 4.79 Å². The van der Waals surface area contributed by atoms with Crippen LogP contribution >= 0.6 is 11.6 Å². The lowest BCUT2D eigenvalue weighted by atomic mass is 10.00. The van der Waals surface area contributed by atoms with E-state index in [0.717, 1.165) is 0 Å². The number of halogens is 1. The molecule has 1 amide bonds. The average molecular weight is 293 g/mol. The second-order valence-corrected chi connectivity index (χ2v) is 5.17. The van der Waals surface area contributed by atoms with Crippen LogP contribution in [0.3, 0.4) is 0 Å². The number of amides is 1. The molecule has 7 nitrogen and oxygen atoms in total. The highest BCUT2D eigenvalue weighted by atomic mass is 35.5. The number of anilines is 1. The molecule has 2 heterocycles. The molecule has 1 fully saturated rings.